The Bertz CT molecular complexity index is 590. The first-order valence-electron chi connectivity index (χ1n) is 7.54. The minimum atomic E-state index is -0.774. The number of carbonyl (C=O) groups is 2. The van der Waals surface area contributed by atoms with Crippen molar-refractivity contribution < 1.29 is 9.59 Å². The summed E-state index contributed by atoms with van der Waals surface area (Å²) in [6.45, 7) is 7.65. The Kier molecular flexibility index (Phi) is 3.07. The van der Waals surface area contributed by atoms with Crippen molar-refractivity contribution in [2.75, 3.05) is 4.90 Å². The molecule has 6 nitrogen and oxygen atoms in total. The fourth-order valence-electron chi connectivity index (χ4n) is 2.97. The standard InChI is InChI=1S/C15H22N4O2/c1-9(2)18-8-12(7-16-18)19-10(3)13(20)17-15(4,14(19)21)11-5-6-11/h7-11H,5-6H2,1-4H3,(H,17,20). The van der Waals surface area contributed by atoms with Gasteiger partial charge in [0, 0.05) is 12.2 Å². The molecule has 2 fully saturated rings. The predicted octanol–water partition coefficient (Wildman–Crippen LogP) is 1.48. The van der Waals surface area contributed by atoms with Crippen molar-refractivity contribution in [1.29, 1.82) is 0 Å². The lowest BCUT2D eigenvalue weighted by molar-refractivity contribution is -0.138. The number of nitrogens with one attached hydrogen (secondary N) is 1. The van der Waals surface area contributed by atoms with Gasteiger partial charge in [-0.2, -0.15) is 5.10 Å². The van der Waals surface area contributed by atoms with Crippen molar-refractivity contribution in [3.63, 3.8) is 0 Å². The molecule has 114 valence electrons. The molecule has 1 saturated carbocycles. The zero-order valence-electron chi connectivity index (χ0n) is 13.0. The van der Waals surface area contributed by atoms with Gasteiger partial charge in [0.05, 0.1) is 11.9 Å². The summed E-state index contributed by atoms with van der Waals surface area (Å²) in [5.74, 6) is 0.130. The van der Waals surface area contributed by atoms with Crippen molar-refractivity contribution in [3.8, 4) is 0 Å². The average molecular weight is 290 g/mol. The first-order valence-corrected chi connectivity index (χ1v) is 7.54. The molecule has 3 rings (SSSR count). The molecule has 2 atom stereocenters. The first kappa shape index (κ1) is 14.1. The molecule has 1 aromatic heterocycles. The maximum Gasteiger partial charge on any atom is 0.253 e. The summed E-state index contributed by atoms with van der Waals surface area (Å²) in [7, 11) is 0. The summed E-state index contributed by atoms with van der Waals surface area (Å²) in [5.41, 5.74) is -0.0771. The minimum Gasteiger partial charge on any atom is -0.340 e. The molecular weight excluding hydrogens is 268 g/mol. The Morgan fingerprint density at radius 1 is 1.38 bits per heavy atom. The molecule has 1 N–H and O–H groups in total. The van der Waals surface area contributed by atoms with Crippen LogP contribution in [0.25, 0.3) is 0 Å². The second-order valence-corrected chi connectivity index (χ2v) is 6.59. The van der Waals surface area contributed by atoms with Crippen LogP contribution in [0.15, 0.2) is 12.4 Å². The van der Waals surface area contributed by atoms with Gasteiger partial charge in [0.2, 0.25) is 5.91 Å². The van der Waals surface area contributed by atoms with Gasteiger partial charge in [-0.25, -0.2) is 0 Å². The van der Waals surface area contributed by atoms with Crippen LogP contribution in [0, 0.1) is 5.92 Å². The van der Waals surface area contributed by atoms with Gasteiger partial charge in [0.1, 0.15) is 11.6 Å². The highest BCUT2D eigenvalue weighted by molar-refractivity contribution is 6.10. The Morgan fingerprint density at radius 3 is 2.57 bits per heavy atom. The molecule has 6 heteroatoms. The van der Waals surface area contributed by atoms with E-state index in [0.29, 0.717) is 5.69 Å². The van der Waals surface area contributed by atoms with Gasteiger partial charge in [-0.1, -0.05) is 0 Å². The van der Waals surface area contributed by atoms with Gasteiger partial charge in [-0.15, -0.1) is 0 Å². The number of carbonyl (C=O) groups excluding carboxylic acids is 2. The fourth-order valence-corrected chi connectivity index (χ4v) is 2.97. The summed E-state index contributed by atoms with van der Waals surface area (Å²) in [6, 6.07) is -0.285. The Labute approximate surface area is 124 Å². The van der Waals surface area contributed by atoms with E-state index in [2.05, 4.69) is 10.4 Å². The molecule has 0 spiro atoms. The SMILES string of the molecule is CC1C(=O)NC(C)(C2CC2)C(=O)N1c1cnn(C(C)C)c1. The number of nitrogens with zero attached hydrogens (tertiary/aromatic N) is 3. The maximum atomic E-state index is 12.9. The molecule has 1 aliphatic heterocycles. The van der Waals surface area contributed by atoms with Gasteiger partial charge in [-0.05, 0) is 46.5 Å². The van der Waals surface area contributed by atoms with E-state index < -0.39 is 11.6 Å². The Morgan fingerprint density at radius 2 is 2.05 bits per heavy atom. The highest BCUT2D eigenvalue weighted by atomic mass is 16.2. The Hall–Kier alpha value is -1.85. The quantitative estimate of drug-likeness (QED) is 0.917. The molecule has 1 aliphatic carbocycles. The first-order chi connectivity index (χ1) is 9.84. The fraction of sp³-hybridized carbons (Fsp3) is 0.667. The second-order valence-electron chi connectivity index (χ2n) is 6.59. The van der Waals surface area contributed by atoms with Crippen LogP contribution in [0.4, 0.5) is 5.69 Å². The number of amides is 2. The highest BCUT2D eigenvalue weighted by Crippen LogP contribution is 2.43. The van der Waals surface area contributed by atoms with E-state index in [1.54, 1.807) is 22.7 Å². The zero-order chi connectivity index (χ0) is 15.4. The third-order valence-corrected chi connectivity index (χ3v) is 4.60. The lowest BCUT2D eigenvalue weighted by Gasteiger charge is -2.43. The second kappa shape index (κ2) is 4.58. The molecule has 0 radical (unpaired) electrons. The van der Waals surface area contributed by atoms with Crippen molar-refractivity contribution in [2.24, 2.45) is 5.92 Å². The molecule has 1 aromatic rings. The van der Waals surface area contributed by atoms with Crippen molar-refractivity contribution in [2.45, 2.75) is 58.2 Å². The molecule has 2 amide bonds. The van der Waals surface area contributed by atoms with E-state index in [4.69, 9.17) is 0 Å². The molecule has 21 heavy (non-hydrogen) atoms. The van der Waals surface area contributed by atoms with E-state index in [9.17, 15) is 9.59 Å². The number of anilines is 1. The Balaban J connectivity index is 1.97. The molecule has 2 aliphatic rings. The molecule has 2 unspecified atom stereocenters. The largest absolute Gasteiger partial charge is 0.340 e. The molecule has 0 aromatic carbocycles. The lowest BCUT2D eigenvalue weighted by atomic mass is 9.89. The van der Waals surface area contributed by atoms with Crippen molar-refractivity contribution in [1.82, 2.24) is 15.1 Å². The molecule has 1 saturated heterocycles. The van der Waals surface area contributed by atoms with Gasteiger partial charge in [-0.3, -0.25) is 19.2 Å². The average Bonchev–Trinajstić information content (AvgIpc) is 3.17. The van der Waals surface area contributed by atoms with E-state index in [1.165, 1.54) is 0 Å². The molecular formula is C15H22N4O2. The summed E-state index contributed by atoms with van der Waals surface area (Å²) in [4.78, 5) is 26.8. The molecule has 0 bridgehead atoms. The number of rotatable bonds is 3. The van der Waals surface area contributed by atoms with Crippen LogP contribution in [0.3, 0.4) is 0 Å². The van der Waals surface area contributed by atoms with E-state index >= 15 is 0 Å². The van der Waals surface area contributed by atoms with Gasteiger partial charge < -0.3 is 5.32 Å². The topological polar surface area (TPSA) is 67.2 Å². The zero-order valence-corrected chi connectivity index (χ0v) is 13.0. The van der Waals surface area contributed by atoms with Crippen LogP contribution in [-0.4, -0.2) is 33.2 Å². The number of aromatic nitrogens is 2. The van der Waals surface area contributed by atoms with Gasteiger partial charge in [0.25, 0.3) is 5.91 Å². The van der Waals surface area contributed by atoms with Crippen LogP contribution in [-0.2, 0) is 9.59 Å². The highest BCUT2D eigenvalue weighted by Gasteiger charge is 2.55. The number of hydrogen-bond donors (Lipinski definition) is 1. The van der Waals surface area contributed by atoms with Gasteiger partial charge >= 0.3 is 0 Å². The van der Waals surface area contributed by atoms with Crippen LogP contribution in [0.5, 0.6) is 0 Å². The van der Waals surface area contributed by atoms with Crippen LogP contribution < -0.4 is 10.2 Å². The summed E-state index contributed by atoms with van der Waals surface area (Å²) in [6.07, 6.45) is 5.50. The minimum absolute atomic E-state index is 0.0274. The van der Waals surface area contributed by atoms with Crippen LogP contribution >= 0.6 is 0 Å². The van der Waals surface area contributed by atoms with Crippen molar-refractivity contribution in [3.05, 3.63) is 12.4 Å². The monoisotopic (exact) mass is 290 g/mol. The van der Waals surface area contributed by atoms with Crippen LogP contribution in [0.1, 0.15) is 46.6 Å². The third kappa shape index (κ3) is 2.13. The van der Waals surface area contributed by atoms with Gasteiger partial charge in [0.15, 0.2) is 0 Å². The number of hydrogen-bond acceptors (Lipinski definition) is 3. The normalized spacial score (nSPS) is 30.0. The third-order valence-electron chi connectivity index (χ3n) is 4.60. The predicted molar refractivity (Wildman–Crippen MR) is 78.8 cm³/mol. The van der Waals surface area contributed by atoms with Crippen LogP contribution in [0.2, 0.25) is 0 Å². The van der Waals surface area contributed by atoms with E-state index in [-0.39, 0.29) is 23.8 Å². The van der Waals surface area contributed by atoms with Crippen molar-refractivity contribution >= 4 is 17.5 Å². The lowest BCUT2D eigenvalue weighted by Crippen LogP contribution is -2.69. The van der Waals surface area contributed by atoms with E-state index in [0.717, 1.165) is 12.8 Å². The summed E-state index contributed by atoms with van der Waals surface area (Å²) in [5, 5.41) is 7.21. The number of piperazine rings is 1. The summed E-state index contributed by atoms with van der Waals surface area (Å²) >= 11 is 0. The molecule has 2 heterocycles. The summed E-state index contributed by atoms with van der Waals surface area (Å²) < 4.78 is 1.80. The smallest absolute Gasteiger partial charge is 0.253 e. The van der Waals surface area contributed by atoms with E-state index in [1.807, 2.05) is 27.0 Å². The maximum absolute atomic E-state index is 12.9.